The highest BCUT2D eigenvalue weighted by atomic mass is 79.9. The first-order valence-corrected chi connectivity index (χ1v) is 6.34. The molecule has 1 rings (SSSR count). The van der Waals surface area contributed by atoms with E-state index in [1.165, 1.54) is 9.80 Å². The Balaban J connectivity index is 2.87. The maximum absolute atomic E-state index is 12.2. The predicted octanol–water partition coefficient (Wildman–Crippen LogP) is 1.92. The van der Waals surface area contributed by atoms with Gasteiger partial charge in [0.15, 0.2) is 0 Å². The van der Waals surface area contributed by atoms with Crippen molar-refractivity contribution in [2.45, 2.75) is 6.92 Å². The van der Waals surface area contributed by atoms with Gasteiger partial charge in [-0.1, -0.05) is 12.1 Å². The van der Waals surface area contributed by atoms with Crippen LogP contribution in [0.3, 0.4) is 0 Å². The summed E-state index contributed by atoms with van der Waals surface area (Å²) in [7, 11) is 4.96. The minimum absolute atomic E-state index is 0.0756. The van der Waals surface area contributed by atoms with E-state index < -0.39 is 0 Å². The van der Waals surface area contributed by atoms with Crippen molar-refractivity contribution >= 4 is 27.7 Å². The van der Waals surface area contributed by atoms with E-state index in [-0.39, 0.29) is 18.4 Å². The maximum atomic E-state index is 12.2. The quantitative estimate of drug-likeness (QED) is 0.855. The van der Waals surface area contributed by atoms with Crippen LogP contribution in [0.2, 0.25) is 0 Å². The molecule has 1 aromatic rings. The average molecular weight is 313 g/mol. The zero-order valence-corrected chi connectivity index (χ0v) is 12.6. The lowest BCUT2D eigenvalue weighted by Crippen LogP contribution is -2.37. The highest BCUT2D eigenvalue weighted by molar-refractivity contribution is 9.10. The fourth-order valence-electron chi connectivity index (χ4n) is 1.43. The predicted molar refractivity (Wildman–Crippen MR) is 74.5 cm³/mol. The zero-order chi connectivity index (χ0) is 13.9. The minimum atomic E-state index is -0.166. The summed E-state index contributed by atoms with van der Waals surface area (Å²) >= 11 is 3.40. The monoisotopic (exact) mass is 312 g/mol. The molecule has 0 unspecified atom stereocenters. The fourth-order valence-corrected chi connectivity index (χ4v) is 1.87. The lowest BCUT2D eigenvalue weighted by atomic mass is 10.1. The van der Waals surface area contributed by atoms with Crippen molar-refractivity contribution in [2.24, 2.45) is 0 Å². The van der Waals surface area contributed by atoms with E-state index >= 15 is 0 Å². The minimum Gasteiger partial charge on any atom is -0.347 e. The number of nitrogens with zero attached hydrogens (tertiary/aromatic N) is 2. The van der Waals surface area contributed by atoms with Gasteiger partial charge in [-0.05, 0) is 34.5 Å². The lowest BCUT2D eigenvalue weighted by molar-refractivity contribution is -0.129. The largest absolute Gasteiger partial charge is 0.347 e. The molecule has 0 aromatic heterocycles. The Morgan fingerprint density at radius 1 is 1.22 bits per heavy atom. The normalized spacial score (nSPS) is 10.1. The molecule has 0 aliphatic carbocycles. The zero-order valence-electron chi connectivity index (χ0n) is 11.0. The summed E-state index contributed by atoms with van der Waals surface area (Å²) in [6, 6.07) is 5.50. The van der Waals surface area contributed by atoms with Crippen molar-refractivity contribution in [1.29, 1.82) is 0 Å². The molecule has 0 bridgehead atoms. The van der Waals surface area contributed by atoms with Gasteiger partial charge in [0.25, 0.3) is 5.91 Å². The molecule has 0 radical (unpaired) electrons. The Hall–Kier alpha value is -1.36. The summed E-state index contributed by atoms with van der Waals surface area (Å²) in [5, 5.41) is 0. The Bertz CT molecular complexity index is 472. The Kier molecular flexibility index (Phi) is 4.90. The van der Waals surface area contributed by atoms with Gasteiger partial charge in [0.1, 0.15) is 0 Å². The fraction of sp³-hybridized carbons (Fsp3) is 0.385. The van der Waals surface area contributed by atoms with Gasteiger partial charge in [0.2, 0.25) is 5.91 Å². The number of likely N-dealkylation sites (N-methyl/N-ethyl adjacent to an activating group) is 2. The molecule has 0 saturated carbocycles. The second kappa shape index (κ2) is 6.00. The number of carbonyl (C=O) groups excluding carboxylic acids is 2. The van der Waals surface area contributed by atoms with Crippen LogP contribution in [0.25, 0.3) is 0 Å². The van der Waals surface area contributed by atoms with Gasteiger partial charge in [-0.2, -0.15) is 0 Å². The van der Waals surface area contributed by atoms with E-state index in [2.05, 4.69) is 15.9 Å². The van der Waals surface area contributed by atoms with Gasteiger partial charge in [-0.25, -0.2) is 0 Å². The van der Waals surface area contributed by atoms with Crippen molar-refractivity contribution in [3.63, 3.8) is 0 Å². The van der Waals surface area contributed by atoms with E-state index in [4.69, 9.17) is 0 Å². The molecule has 5 heteroatoms. The van der Waals surface area contributed by atoms with Crippen LogP contribution in [0.5, 0.6) is 0 Å². The number of hydrogen-bond acceptors (Lipinski definition) is 2. The molecule has 98 valence electrons. The Labute approximate surface area is 116 Å². The summed E-state index contributed by atoms with van der Waals surface area (Å²) in [4.78, 5) is 26.6. The molecule has 18 heavy (non-hydrogen) atoms. The van der Waals surface area contributed by atoms with Crippen LogP contribution in [0.1, 0.15) is 15.9 Å². The molecular weight excluding hydrogens is 296 g/mol. The number of aryl methyl sites for hydroxylation is 1. The van der Waals surface area contributed by atoms with Crippen molar-refractivity contribution in [3.05, 3.63) is 33.8 Å². The number of carbonyl (C=O) groups is 2. The van der Waals surface area contributed by atoms with E-state index in [0.717, 1.165) is 10.0 Å². The molecule has 0 aliphatic rings. The first-order chi connectivity index (χ1) is 8.34. The first kappa shape index (κ1) is 14.7. The second-order valence-electron chi connectivity index (χ2n) is 4.39. The van der Waals surface area contributed by atoms with E-state index in [9.17, 15) is 9.59 Å². The molecular formula is C13H17BrN2O2. The Morgan fingerprint density at radius 3 is 2.39 bits per heavy atom. The number of hydrogen-bond donors (Lipinski definition) is 0. The topological polar surface area (TPSA) is 40.6 Å². The smallest absolute Gasteiger partial charge is 0.255 e. The van der Waals surface area contributed by atoms with Crippen molar-refractivity contribution in [1.82, 2.24) is 9.80 Å². The van der Waals surface area contributed by atoms with Crippen LogP contribution in [-0.4, -0.2) is 49.3 Å². The SMILES string of the molecule is Cc1cccc(C(=O)N(C)CC(=O)N(C)C)c1Br. The van der Waals surface area contributed by atoms with Gasteiger partial charge in [-0.3, -0.25) is 9.59 Å². The number of benzene rings is 1. The van der Waals surface area contributed by atoms with E-state index in [0.29, 0.717) is 5.56 Å². The molecule has 0 heterocycles. The molecule has 0 fully saturated rings. The third-order valence-corrected chi connectivity index (χ3v) is 3.69. The summed E-state index contributed by atoms with van der Waals surface area (Å²) in [6.45, 7) is 2.00. The summed E-state index contributed by atoms with van der Waals surface area (Å²) in [5.41, 5.74) is 1.57. The summed E-state index contributed by atoms with van der Waals surface area (Å²) in [6.07, 6.45) is 0. The van der Waals surface area contributed by atoms with Crippen LogP contribution in [0.4, 0.5) is 0 Å². The second-order valence-corrected chi connectivity index (χ2v) is 5.18. The van der Waals surface area contributed by atoms with Crippen LogP contribution in [0, 0.1) is 6.92 Å². The third kappa shape index (κ3) is 3.32. The molecule has 0 aliphatic heterocycles. The average Bonchev–Trinajstić information content (AvgIpc) is 2.31. The molecule has 0 N–H and O–H groups in total. The van der Waals surface area contributed by atoms with Crippen molar-refractivity contribution in [3.8, 4) is 0 Å². The Morgan fingerprint density at radius 2 is 1.83 bits per heavy atom. The maximum Gasteiger partial charge on any atom is 0.255 e. The van der Waals surface area contributed by atoms with Gasteiger partial charge in [0.05, 0.1) is 12.1 Å². The molecule has 0 spiro atoms. The highest BCUT2D eigenvalue weighted by Crippen LogP contribution is 2.22. The van der Waals surface area contributed by atoms with Gasteiger partial charge in [-0.15, -0.1) is 0 Å². The third-order valence-electron chi connectivity index (χ3n) is 2.64. The van der Waals surface area contributed by atoms with Gasteiger partial charge < -0.3 is 9.80 Å². The van der Waals surface area contributed by atoms with Crippen LogP contribution >= 0.6 is 15.9 Å². The van der Waals surface area contributed by atoms with E-state index in [1.807, 2.05) is 19.1 Å². The number of rotatable bonds is 3. The standard InChI is InChI=1S/C13H17BrN2O2/c1-9-6-5-7-10(12(9)14)13(18)16(4)8-11(17)15(2)3/h5-7H,8H2,1-4H3. The molecule has 0 atom stereocenters. The molecule has 2 amide bonds. The summed E-state index contributed by atoms with van der Waals surface area (Å²) < 4.78 is 0.777. The van der Waals surface area contributed by atoms with Crippen LogP contribution in [0.15, 0.2) is 22.7 Å². The number of amides is 2. The van der Waals surface area contributed by atoms with E-state index in [1.54, 1.807) is 27.2 Å². The lowest BCUT2D eigenvalue weighted by Gasteiger charge is -2.20. The molecule has 0 saturated heterocycles. The number of halogens is 1. The van der Waals surface area contributed by atoms with Crippen LogP contribution in [-0.2, 0) is 4.79 Å². The van der Waals surface area contributed by atoms with Crippen molar-refractivity contribution < 1.29 is 9.59 Å². The van der Waals surface area contributed by atoms with Gasteiger partial charge in [0, 0.05) is 25.6 Å². The first-order valence-electron chi connectivity index (χ1n) is 5.55. The molecule has 4 nitrogen and oxygen atoms in total. The highest BCUT2D eigenvalue weighted by Gasteiger charge is 2.18. The van der Waals surface area contributed by atoms with Gasteiger partial charge >= 0.3 is 0 Å². The molecule has 1 aromatic carbocycles. The van der Waals surface area contributed by atoms with Crippen LogP contribution < -0.4 is 0 Å². The summed E-state index contributed by atoms with van der Waals surface area (Å²) in [5.74, 6) is -0.268. The van der Waals surface area contributed by atoms with Crippen molar-refractivity contribution in [2.75, 3.05) is 27.7 Å².